The van der Waals surface area contributed by atoms with Crippen LogP contribution in [0.25, 0.3) is 89.2 Å². The Morgan fingerprint density at radius 2 is 0.758 bits per heavy atom. The zero-order valence-corrected chi connectivity index (χ0v) is 39.1. The summed E-state index contributed by atoms with van der Waals surface area (Å²) in [7, 11) is 0. The highest BCUT2D eigenvalue weighted by Gasteiger charge is 2.19. The number of nitrogens with zero attached hydrogens (tertiary/aromatic N) is 4. The number of rotatable bonds is 20. The summed E-state index contributed by atoms with van der Waals surface area (Å²) in [6, 6.07) is 34.1. The molecule has 0 atom stereocenters. The molecule has 8 bridgehead atoms. The van der Waals surface area contributed by atoms with Gasteiger partial charge in [-0.3, -0.25) is 9.97 Å². The maximum atomic E-state index is 6.26. The number of nitrogens with one attached hydrogen (secondary N) is 1. The van der Waals surface area contributed by atoms with E-state index < -0.39 is 0 Å². The summed E-state index contributed by atoms with van der Waals surface area (Å²) in [6.07, 6.45) is 30.8. The van der Waals surface area contributed by atoms with Crippen molar-refractivity contribution >= 4 is 56.1 Å². The van der Waals surface area contributed by atoms with Crippen LogP contribution in [0.3, 0.4) is 0 Å². The zero-order chi connectivity index (χ0) is 44.9. The van der Waals surface area contributed by atoms with Crippen LogP contribution in [0.1, 0.15) is 114 Å². The van der Waals surface area contributed by atoms with Crippen molar-refractivity contribution in [1.82, 2.24) is 24.9 Å². The van der Waals surface area contributed by atoms with Gasteiger partial charge in [-0.05, 0) is 132 Å². The van der Waals surface area contributed by atoms with Crippen LogP contribution in [0.2, 0.25) is 0 Å². The average Bonchev–Trinajstić information content (AvgIpc) is 4.21. The van der Waals surface area contributed by atoms with Gasteiger partial charge in [0, 0.05) is 67.5 Å². The first-order valence-corrected chi connectivity index (χ1v) is 24.8. The molecular formula is C58H59N5O2S. The third-order valence-electron chi connectivity index (χ3n) is 12.4. The fraction of sp³-hybridized carbons (Fsp3) is 0.276. The van der Waals surface area contributed by atoms with Crippen LogP contribution in [-0.2, 0) is 0 Å². The number of hydrogen-bond donors (Lipinski definition) is 1. The lowest BCUT2D eigenvalue weighted by Gasteiger charge is -2.09. The molecule has 0 saturated carbocycles. The molecule has 0 saturated heterocycles. The van der Waals surface area contributed by atoms with Crippen molar-refractivity contribution in [2.24, 2.45) is 0 Å². The highest BCUT2D eigenvalue weighted by molar-refractivity contribution is 7.24. The Morgan fingerprint density at radius 3 is 1.20 bits per heavy atom. The van der Waals surface area contributed by atoms with Gasteiger partial charge in [-0.1, -0.05) is 102 Å². The minimum absolute atomic E-state index is 0.720. The van der Waals surface area contributed by atoms with E-state index in [2.05, 4.69) is 138 Å². The van der Waals surface area contributed by atoms with E-state index in [0.717, 1.165) is 125 Å². The molecule has 9 rings (SSSR count). The Bertz CT molecular complexity index is 2740. The van der Waals surface area contributed by atoms with Crippen molar-refractivity contribution < 1.29 is 9.47 Å². The summed E-state index contributed by atoms with van der Waals surface area (Å²) in [6.45, 7) is 5.96. The third kappa shape index (κ3) is 10.6. The van der Waals surface area contributed by atoms with Gasteiger partial charge in [0.2, 0.25) is 0 Å². The van der Waals surface area contributed by atoms with E-state index in [1.54, 1.807) is 11.3 Å². The average molecular weight is 890 g/mol. The van der Waals surface area contributed by atoms with E-state index in [9.17, 15) is 0 Å². The number of benzene rings is 2. The van der Waals surface area contributed by atoms with E-state index in [1.807, 2.05) is 36.9 Å². The molecule has 0 spiro atoms. The maximum absolute atomic E-state index is 6.26. The number of unbranched alkanes of at least 4 members (excludes halogenated alkanes) is 10. The molecule has 0 amide bonds. The summed E-state index contributed by atoms with van der Waals surface area (Å²) in [5, 5.41) is 0. The van der Waals surface area contributed by atoms with Gasteiger partial charge in [0.1, 0.15) is 11.5 Å². The lowest BCUT2D eigenvalue weighted by atomic mass is 10.0. The summed E-state index contributed by atoms with van der Waals surface area (Å²) >= 11 is 1.76. The van der Waals surface area contributed by atoms with Crippen molar-refractivity contribution in [1.29, 1.82) is 0 Å². The van der Waals surface area contributed by atoms with Crippen LogP contribution in [0, 0.1) is 0 Å². The van der Waals surface area contributed by atoms with Gasteiger partial charge in [0.25, 0.3) is 0 Å². The molecule has 1 N–H and O–H groups in total. The van der Waals surface area contributed by atoms with E-state index in [1.165, 1.54) is 64.2 Å². The van der Waals surface area contributed by atoms with Gasteiger partial charge in [-0.25, -0.2) is 9.97 Å². The van der Waals surface area contributed by atoms with Crippen LogP contribution in [0.5, 0.6) is 11.5 Å². The Morgan fingerprint density at radius 1 is 0.394 bits per heavy atom. The highest BCUT2D eigenvalue weighted by atomic mass is 32.1. The number of H-pyrrole nitrogens is 1. The van der Waals surface area contributed by atoms with E-state index in [0.29, 0.717) is 0 Å². The summed E-state index contributed by atoms with van der Waals surface area (Å²) < 4.78 is 14.7. The minimum atomic E-state index is 0.720. The fourth-order valence-corrected chi connectivity index (χ4v) is 10.1. The Hall–Kier alpha value is -6.64. The quantitative estimate of drug-likeness (QED) is 0.0767. The predicted molar refractivity (Wildman–Crippen MR) is 277 cm³/mol. The first kappa shape index (κ1) is 44.6. The number of ether oxygens (including phenoxy) is 2. The van der Waals surface area contributed by atoms with Gasteiger partial charge in [0.05, 0.1) is 36.0 Å². The van der Waals surface area contributed by atoms with Gasteiger partial charge in [-0.15, -0.1) is 11.3 Å². The molecule has 7 heterocycles. The summed E-state index contributed by atoms with van der Waals surface area (Å²) in [5.74, 6) is 1.76. The molecule has 8 heteroatoms. The normalized spacial score (nSPS) is 11.9. The molecule has 0 fully saturated rings. The fourth-order valence-electron chi connectivity index (χ4n) is 8.91. The van der Waals surface area contributed by atoms with Gasteiger partial charge in [0.15, 0.2) is 0 Å². The number of aromatic amines is 1. The number of hydrogen-bond acceptors (Lipinski definition) is 7. The first-order chi connectivity index (χ1) is 32.7. The zero-order valence-electron chi connectivity index (χ0n) is 38.3. The first-order valence-electron chi connectivity index (χ1n) is 24.0. The maximum Gasteiger partial charge on any atom is 0.119 e. The third-order valence-corrected chi connectivity index (χ3v) is 13.5. The van der Waals surface area contributed by atoms with Crippen molar-refractivity contribution in [3.8, 4) is 56.0 Å². The molecular weight excluding hydrogens is 831 g/mol. The van der Waals surface area contributed by atoms with Crippen LogP contribution in [-0.4, -0.2) is 38.1 Å². The van der Waals surface area contributed by atoms with Crippen molar-refractivity contribution in [3.63, 3.8) is 0 Å². The van der Waals surface area contributed by atoms with Crippen LogP contribution < -0.4 is 9.47 Å². The van der Waals surface area contributed by atoms with Crippen molar-refractivity contribution in [3.05, 3.63) is 145 Å². The van der Waals surface area contributed by atoms with Crippen LogP contribution >= 0.6 is 11.3 Å². The van der Waals surface area contributed by atoms with Crippen LogP contribution in [0.4, 0.5) is 0 Å². The van der Waals surface area contributed by atoms with E-state index in [-0.39, 0.29) is 0 Å². The van der Waals surface area contributed by atoms with E-state index in [4.69, 9.17) is 19.4 Å². The lowest BCUT2D eigenvalue weighted by Crippen LogP contribution is -1.97. The number of fused-ring (bicyclic) bond motifs is 8. The Kier molecular flexibility index (Phi) is 14.9. The SMILES string of the molecule is CCCCCCCCOc1ccc(-c2c3nc(c(-c4ccc(OCCCCCCCC)cc4)c4ccc(s4)c(-c4ccncc4)c4nc(c(-c5ccncc5)c5ccc2[nH]5)C=C4)C=C3)cc1. The summed E-state index contributed by atoms with van der Waals surface area (Å²) in [4.78, 5) is 23.5. The topological polar surface area (TPSA) is 85.8 Å². The van der Waals surface area contributed by atoms with Gasteiger partial charge < -0.3 is 14.5 Å². The van der Waals surface area contributed by atoms with Gasteiger partial charge >= 0.3 is 0 Å². The minimum Gasteiger partial charge on any atom is -0.494 e. The molecule has 334 valence electrons. The second kappa shape index (κ2) is 22.0. The molecule has 2 aromatic carbocycles. The van der Waals surface area contributed by atoms with Crippen molar-refractivity contribution in [2.45, 2.75) is 90.9 Å². The second-order valence-electron chi connectivity index (χ2n) is 17.1. The molecule has 66 heavy (non-hydrogen) atoms. The van der Waals surface area contributed by atoms with E-state index >= 15 is 0 Å². The molecule has 0 unspecified atom stereocenters. The number of pyridine rings is 2. The molecule has 2 aliphatic heterocycles. The Balaban J connectivity index is 1.20. The molecule has 7 aromatic rings. The molecule has 2 aliphatic rings. The number of aromatic nitrogens is 5. The highest BCUT2D eigenvalue weighted by Crippen LogP contribution is 2.41. The van der Waals surface area contributed by atoms with Crippen LogP contribution in [0.15, 0.2) is 122 Å². The van der Waals surface area contributed by atoms with Gasteiger partial charge in [-0.2, -0.15) is 0 Å². The molecule has 5 aromatic heterocycles. The lowest BCUT2D eigenvalue weighted by molar-refractivity contribution is 0.304. The monoisotopic (exact) mass is 889 g/mol. The molecule has 0 aliphatic carbocycles. The standard InChI is InChI=1S/C58H59N5O2S/c1-3-5-7-9-11-13-39-64-45-19-15-41(16-20-45)55-47-23-24-49(61-47)56(43-31-35-59-36-32-43)50-26-28-52(63-50)58(44-33-37-60-38-34-44)54-30-29-53(66-54)57(51-27-25-48(55)62-51)42-17-21-46(22-18-42)65-40-14-12-10-8-6-4-2/h15-38,61H,3-14,39-40H2,1-2H3. The predicted octanol–water partition coefficient (Wildman–Crippen LogP) is 16.3. The number of thiophene rings is 1. The largest absolute Gasteiger partial charge is 0.494 e. The molecule has 7 nitrogen and oxygen atoms in total. The van der Waals surface area contributed by atoms with Crippen molar-refractivity contribution in [2.75, 3.05) is 13.2 Å². The molecule has 0 radical (unpaired) electrons. The second-order valence-corrected chi connectivity index (χ2v) is 18.2. The Labute approximate surface area is 393 Å². The summed E-state index contributed by atoms with van der Waals surface area (Å²) in [5.41, 5.74) is 13.8. The smallest absolute Gasteiger partial charge is 0.119 e.